The van der Waals surface area contributed by atoms with Crippen molar-refractivity contribution in [3.63, 3.8) is 0 Å². The summed E-state index contributed by atoms with van der Waals surface area (Å²) in [7, 11) is 5.96. The topological polar surface area (TPSA) is 168 Å². The number of methoxy groups -OCH3 is 4. The van der Waals surface area contributed by atoms with E-state index < -0.39 is 41.8 Å². The predicted octanol–water partition coefficient (Wildman–Crippen LogP) is 8.29. The lowest BCUT2D eigenvalue weighted by Gasteiger charge is -2.28. The molecule has 3 aromatic carbocycles. The molecular weight excluding hydrogens is 781 g/mol. The number of fused-ring (bicyclic) bond motifs is 1. The summed E-state index contributed by atoms with van der Waals surface area (Å²) in [5.41, 5.74) is 2.42. The van der Waals surface area contributed by atoms with Gasteiger partial charge in [0.1, 0.15) is 11.6 Å². The second-order valence-corrected chi connectivity index (χ2v) is 16.3. The second-order valence-electron chi connectivity index (χ2n) is 16.3. The van der Waals surface area contributed by atoms with Gasteiger partial charge in [-0.15, -0.1) is 0 Å². The zero-order valence-electron chi connectivity index (χ0n) is 38.5. The van der Waals surface area contributed by atoms with Gasteiger partial charge in [0, 0.05) is 12.0 Å². The molecule has 2 amide bonds. The average molecular weight is 849 g/mol. The molecule has 13 heteroatoms. The van der Waals surface area contributed by atoms with Crippen LogP contribution in [0.3, 0.4) is 0 Å². The third kappa shape index (κ3) is 15.8. The fraction of sp³-hybridized carbons (Fsp3) is 0.500. The number of hydrogen-bond acceptors (Lipinski definition) is 11. The van der Waals surface area contributed by atoms with Gasteiger partial charge in [0.15, 0.2) is 34.9 Å². The zero-order chi connectivity index (χ0) is 46.0. The van der Waals surface area contributed by atoms with Gasteiger partial charge in [0.25, 0.3) is 5.91 Å². The largest absolute Gasteiger partial charge is 0.493 e. The predicted molar refractivity (Wildman–Crippen MR) is 238 cm³/mol. The van der Waals surface area contributed by atoms with Gasteiger partial charge < -0.3 is 44.2 Å². The number of aliphatic hydroxyl groups excluding tert-OH is 1. The van der Waals surface area contributed by atoms with Crippen LogP contribution < -0.4 is 34.3 Å². The summed E-state index contributed by atoms with van der Waals surface area (Å²) in [4.78, 5) is 53.4. The molecule has 3 aromatic rings. The fourth-order valence-corrected chi connectivity index (χ4v) is 6.30. The number of esters is 1. The van der Waals surface area contributed by atoms with E-state index in [0.29, 0.717) is 40.4 Å². The van der Waals surface area contributed by atoms with Crippen molar-refractivity contribution in [1.29, 1.82) is 0 Å². The van der Waals surface area contributed by atoms with Gasteiger partial charge in [-0.05, 0) is 98.4 Å². The third-order valence-corrected chi connectivity index (χ3v) is 8.79. The molecule has 1 aliphatic rings. The molecule has 0 heterocycles. The molecule has 0 saturated carbocycles. The number of benzene rings is 3. The van der Waals surface area contributed by atoms with E-state index in [1.54, 1.807) is 69.3 Å². The molecule has 0 radical (unpaired) electrons. The molecule has 0 fully saturated rings. The number of ether oxygens (including phenoxy) is 6. The number of amides is 2. The highest BCUT2D eigenvalue weighted by atomic mass is 16.6. The molecule has 3 atom stereocenters. The van der Waals surface area contributed by atoms with Crippen molar-refractivity contribution in [2.75, 3.05) is 28.4 Å². The van der Waals surface area contributed by atoms with E-state index in [9.17, 15) is 24.3 Å². The Bertz CT molecular complexity index is 1930. The maximum atomic E-state index is 13.9. The van der Waals surface area contributed by atoms with Crippen molar-refractivity contribution in [2.24, 2.45) is 11.8 Å². The average Bonchev–Trinajstić information content (AvgIpc) is 3.37. The highest BCUT2D eigenvalue weighted by Gasteiger charge is 2.34. The summed E-state index contributed by atoms with van der Waals surface area (Å²) in [6.07, 6.45) is -0.166. The van der Waals surface area contributed by atoms with Crippen LogP contribution in [0.2, 0.25) is 0 Å². The maximum absolute atomic E-state index is 13.9. The summed E-state index contributed by atoms with van der Waals surface area (Å²) in [5, 5.41) is 16.6. The van der Waals surface area contributed by atoms with Gasteiger partial charge in [0.05, 0.1) is 34.5 Å². The lowest BCUT2D eigenvalue weighted by atomic mass is 9.92. The smallest absolute Gasteiger partial charge is 0.407 e. The van der Waals surface area contributed by atoms with E-state index in [-0.39, 0.29) is 42.5 Å². The number of rotatable bonds is 15. The number of aliphatic hydroxyl groups is 1. The van der Waals surface area contributed by atoms with Crippen molar-refractivity contribution in [1.82, 2.24) is 10.6 Å². The van der Waals surface area contributed by atoms with Crippen molar-refractivity contribution in [3.8, 4) is 28.7 Å². The lowest BCUT2D eigenvalue weighted by molar-refractivity contribution is -0.142. The Morgan fingerprint density at radius 3 is 1.92 bits per heavy atom. The van der Waals surface area contributed by atoms with Crippen LogP contribution in [-0.2, 0) is 32.0 Å². The quantitative estimate of drug-likeness (QED) is 0.0995. The van der Waals surface area contributed by atoms with Crippen molar-refractivity contribution < 1.29 is 52.7 Å². The van der Waals surface area contributed by atoms with Crippen LogP contribution in [0.5, 0.6) is 28.7 Å². The zero-order valence-corrected chi connectivity index (χ0v) is 38.5. The fourth-order valence-electron chi connectivity index (χ4n) is 6.30. The van der Waals surface area contributed by atoms with E-state index in [1.165, 1.54) is 34.5 Å². The summed E-state index contributed by atoms with van der Waals surface area (Å²) in [6.45, 7) is 19.3. The monoisotopic (exact) mass is 848 g/mol. The Hall–Kier alpha value is -5.56. The normalized spacial score (nSPS) is 13.6. The number of nitrogens with one attached hydrogen (secondary N) is 2. The molecule has 0 bridgehead atoms. The van der Waals surface area contributed by atoms with Crippen molar-refractivity contribution in [3.05, 3.63) is 82.9 Å². The second kappa shape index (κ2) is 24.6. The first-order chi connectivity index (χ1) is 28.8. The SMILES string of the molecule is CC.CC(C)C.COc1ccc(C2=CC(=O)CCc3c2cc(OC)c(OC)c3OC)cc1OC(=O)C(CC(C)C)NC(=O)C(O)C(Cc1ccccc1)NC(=O)OC(C)(C)C. The molecule has 3 N–H and O–H groups in total. The number of ketones is 1. The van der Waals surface area contributed by atoms with E-state index >= 15 is 0 Å². The molecule has 4 rings (SSSR count). The molecule has 0 spiro atoms. The molecule has 61 heavy (non-hydrogen) atoms. The van der Waals surface area contributed by atoms with Crippen LogP contribution in [-0.4, -0.2) is 81.1 Å². The Labute approximate surface area is 362 Å². The highest BCUT2D eigenvalue weighted by molar-refractivity contribution is 6.03. The molecule has 336 valence electrons. The number of carbonyl (C=O) groups excluding carboxylic acids is 4. The minimum absolute atomic E-state index is 0.0358. The minimum atomic E-state index is -1.76. The maximum Gasteiger partial charge on any atom is 0.407 e. The number of alkyl carbamates (subject to hydrolysis) is 1. The van der Waals surface area contributed by atoms with Gasteiger partial charge in [-0.2, -0.15) is 0 Å². The molecule has 0 saturated heterocycles. The van der Waals surface area contributed by atoms with Gasteiger partial charge in [-0.3, -0.25) is 9.59 Å². The number of carbonyl (C=O) groups is 4. The molecule has 1 aliphatic carbocycles. The Kier molecular flexibility index (Phi) is 20.8. The molecular formula is C48H68N2O11. The number of hydrogen-bond donors (Lipinski definition) is 3. The first-order valence-corrected chi connectivity index (χ1v) is 20.8. The molecule has 13 nitrogen and oxygen atoms in total. The van der Waals surface area contributed by atoms with Crippen LogP contribution in [0.4, 0.5) is 4.79 Å². The van der Waals surface area contributed by atoms with Crippen LogP contribution in [0.15, 0.2) is 60.7 Å². The summed E-state index contributed by atoms with van der Waals surface area (Å²) in [5.74, 6) is 0.433. The third-order valence-electron chi connectivity index (χ3n) is 8.79. The van der Waals surface area contributed by atoms with Crippen molar-refractivity contribution in [2.45, 2.75) is 119 Å². The molecule has 0 aromatic heterocycles. The Balaban J connectivity index is 0.00000201. The summed E-state index contributed by atoms with van der Waals surface area (Å²) in [6, 6.07) is 13.5. The number of allylic oxidation sites excluding steroid dienone is 1. The van der Waals surface area contributed by atoms with E-state index in [0.717, 1.165) is 17.0 Å². The first-order valence-electron chi connectivity index (χ1n) is 20.8. The lowest BCUT2D eigenvalue weighted by Crippen LogP contribution is -2.55. The van der Waals surface area contributed by atoms with E-state index in [4.69, 9.17) is 28.4 Å². The Morgan fingerprint density at radius 2 is 1.38 bits per heavy atom. The van der Waals surface area contributed by atoms with Gasteiger partial charge in [0.2, 0.25) is 5.75 Å². The first kappa shape index (κ1) is 51.6. The van der Waals surface area contributed by atoms with E-state index in [1.807, 2.05) is 33.8 Å². The summed E-state index contributed by atoms with van der Waals surface area (Å²) >= 11 is 0. The van der Waals surface area contributed by atoms with Crippen LogP contribution in [0.1, 0.15) is 104 Å². The van der Waals surface area contributed by atoms with Gasteiger partial charge in [-0.1, -0.05) is 84.9 Å². The van der Waals surface area contributed by atoms with Crippen LogP contribution >= 0.6 is 0 Å². The van der Waals surface area contributed by atoms with Crippen LogP contribution in [0.25, 0.3) is 5.57 Å². The van der Waals surface area contributed by atoms with E-state index in [2.05, 4.69) is 31.4 Å². The van der Waals surface area contributed by atoms with Crippen molar-refractivity contribution >= 4 is 29.3 Å². The molecule has 0 aliphatic heterocycles. The standard InChI is InChI=1S/C42H52N2O11.C4H10.C2H6/c1-24(2)19-32(43-39(47)36(46)31(20-25-13-11-10-12-14-25)44-41(49)55-42(3,4)5)40(48)54-34-21-26(15-18-33(34)50-6)29-22-27(45)16-17-28-30(29)23-35(51-7)38(53-9)37(28)52-8;1-4(2)3;1-2/h10-15,18,21-24,31-32,36,46H,16-17,19-20H2,1-9H3,(H,43,47)(H,44,49);4H,1-3H3;1-2H3. The van der Waals surface area contributed by atoms with Gasteiger partial charge >= 0.3 is 12.1 Å². The van der Waals surface area contributed by atoms with Crippen LogP contribution in [0, 0.1) is 11.8 Å². The van der Waals surface area contributed by atoms with Gasteiger partial charge in [-0.25, -0.2) is 9.59 Å². The minimum Gasteiger partial charge on any atom is -0.493 e. The Morgan fingerprint density at radius 1 is 0.770 bits per heavy atom. The molecule has 3 unspecified atom stereocenters. The summed E-state index contributed by atoms with van der Waals surface area (Å²) < 4.78 is 33.8. The highest BCUT2D eigenvalue weighted by Crippen LogP contribution is 2.47.